The summed E-state index contributed by atoms with van der Waals surface area (Å²) >= 11 is 3.38. The van der Waals surface area contributed by atoms with Crippen LogP contribution < -0.4 is 5.32 Å². The van der Waals surface area contributed by atoms with Crippen molar-refractivity contribution in [2.45, 2.75) is 26.9 Å². The van der Waals surface area contributed by atoms with Gasteiger partial charge in [0.1, 0.15) is 0 Å². The van der Waals surface area contributed by atoms with Gasteiger partial charge in [0.2, 0.25) is 0 Å². The van der Waals surface area contributed by atoms with E-state index in [0.717, 1.165) is 29.0 Å². The lowest BCUT2D eigenvalue weighted by molar-refractivity contribution is 0.664. The fraction of sp³-hybridized carbons (Fsp3) is 0.385. The van der Waals surface area contributed by atoms with Crippen molar-refractivity contribution in [3.63, 3.8) is 0 Å². The highest BCUT2D eigenvalue weighted by molar-refractivity contribution is 9.10. The molecule has 2 heterocycles. The summed E-state index contributed by atoms with van der Waals surface area (Å²) in [5.41, 5.74) is 3.33. The van der Waals surface area contributed by atoms with Gasteiger partial charge in [-0.25, -0.2) is 0 Å². The van der Waals surface area contributed by atoms with E-state index < -0.39 is 0 Å². The van der Waals surface area contributed by atoms with E-state index in [2.05, 4.69) is 44.4 Å². The van der Waals surface area contributed by atoms with Crippen molar-refractivity contribution in [1.29, 1.82) is 0 Å². The summed E-state index contributed by atoms with van der Waals surface area (Å²) in [6.45, 7) is 6.69. The molecule has 0 amide bonds. The molecule has 0 aliphatic carbocycles. The number of hydrogen-bond acceptors (Lipinski definition) is 3. The molecule has 0 saturated carbocycles. The summed E-state index contributed by atoms with van der Waals surface area (Å²) in [4.78, 5) is 4.35. The van der Waals surface area contributed by atoms with Crippen molar-refractivity contribution in [2.24, 2.45) is 0 Å². The maximum Gasteiger partial charge on any atom is 0.0831 e. The van der Waals surface area contributed by atoms with Gasteiger partial charge < -0.3 is 5.32 Å². The Labute approximate surface area is 116 Å². The highest BCUT2D eigenvalue weighted by Crippen LogP contribution is 2.10. The van der Waals surface area contributed by atoms with E-state index in [4.69, 9.17) is 0 Å². The third-order valence-electron chi connectivity index (χ3n) is 2.73. The molecular formula is C13H17BrN4. The van der Waals surface area contributed by atoms with E-state index in [0.29, 0.717) is 6.54 Å². The van der Waals surface area contributed by atoms with Gasteiger partial charge in [-0.15, -0.1) is 0 Å². The molecular weight excluding hydrogens is 292 g/mol. The molecule has 1 N–H and O–H groups in total. The maximum atomic E-state index is 4.51. The highest BCUT2D eigenvalue weighted by atomic mass is 79.9. The minimum absolute atomic E-state index is 0.709. The lowest BCUT2D eigenvalue weighted by Crippen LogP contribution is -2.11. The molecule has 4 nitrogen and oxygen atoms in total. The van der Waals surface area contributed by atoms with Crippen LogP contribution in [0.15, 0.2) is 29.0 Å². The summed E-state index contributed by atoms with van der Waals surface area (Å²) in [7, 11) is 0. The van der Waals surface area contributed by atoms with E-state index in [1.165, 1.54) is 5.56 Å². The zero-order valence-electron chi connectivity index (χ0n) is 10.7. The molecule has 0 unspecified atom stereocenters. The van der Waals surface area contributed by atoms with Crippen LogP contribution in [-0.2, 0) is 13.1 Å². The Kier molecular flexibility index (Phi) is 4.49. The van der Waals surface area contributed by atoms with Crippen molar-refractivity contribution in [3.05, 3.63) is 46.0 Å². The minimum Gasteiger partial charge on any atom is -0.313 e. The van der Waals surface area contributed by atoms with Gasteiger partial charge in [-0.2, -0.15) is 5.10 Å². The largest absolute Gasteiger partial charge is 0.313 e. The molecule has 0 aliphatic heterocycles. The maximum absolute atomic E-state index is 4.51. The summed E-state index contributed by atoms with van der Waals surface area (Å²) in [6.07, 6.45) is 3.90. The molecule has 0 saturated heterocycles. The fourth-order valence-electron chi connectivity index (χ4n) is 1.74. The topological polar surface area (TPSA) is 42.7 Å². The Hall–Kier alpha value is -1.20. The highest BCUT2D eigenvalue weighted by Gasteiger charge is 2.05. The average Bonchev–Trinajstić information content (AvgIpc) is 2.70. The van der Waals surface area contributed by atoms with Crippen molar-refractivity contribution in [2.75, 3.05) is 6.54 Å². The molecule has 0 fully saturated rings. The van der Waals surface area contributed by atoms with Crippen molar-refractivity contribution < 1.29 is 0 Å². The molecule has 96 valence electrons. The van der Waals surface area contributed by atoms with Crippen LogP contribution in [0.4, 0.5) is 0 Å². The number of halogens is 1. The molecule has 0 radical (unpaired) electrons. The number of aromatic nitrogens is 3. The lowest BCUT2D eigenvalue weighted by atomic mass is 10.2. The molecule has 0 spiro atoms. The van der Waals surface area contributed by atoms with Gasteiger partial charge in [0.05, 0.1) is 17.9 Å². The minimum atomic E-state index is 0.709. The quantitative estimate of drug-likeness (QED) is 0.923. The second-order valence-corrected chi connectivity index (χ2v) is 5.10. The van der Waals surface area contributed by atoms with Gasteiger partial charge >= 0.3 is 0 Å². The van der Waals surface area contributed by atoms with Crippen LogP contribution in [0.3, 0.4) is 0 Å². The number of nitrogens with one attached hydrogen (secondary N) is 1. The SMILES string of the molecule is CCNCc1cn(Cc2ccc(Br)cn2)nc1C. The van der Waals surface area contributed by atoms with Gasteiger partial charge in [0.15, 0.2) is 0 Å². The molecule has 2 aromatic heterocycles. The second kappa shape index (κ2) is 6.11. The first-order chi connectivity index (χ1) is 8.69. The standard InChI is InChI=1S/C13H17BrN4/c1-3-15-6-11-8-18(17-10(11)2)9-13-5-4-12(14)7-16-13/h4-5,7-8,15H,3,6,9H2,1-2H3. The van der Waals surface area contributed by atoms with Gasteiger partial charge in [-0.1, -0.05) is 6.92 Å². The molecule has 0 aromatic carbocycles. The average molecular weight is 309 g/mol. The first kappa shape index (κ1) is 13.2. The van der Waals surface area contributed by atoms with E-state index in [1.807, 2.05) is 29.9 Å². The molecule has 2 rings (SSSR count). The molecule has 18 heavy (non-hydrogen) atoms. The lowest BCUT2D eigenvalue weighted by Gasteiger charge is -2.01. The van der Waals surface area contributed by atoms with E-state index >= 15 is 0 Å². The van der Waals surface area contributed by atoms with Crippen molar-refractivity contribution >= 4 is 15.9 Å². The molecule has 0 bridgehead atoms. The number of nitrogens with zero attached hydrogens (tertiary/aromatic N) is 3. The Bertz CT molecular complexity index is 504. The monoisotopic (exact) mass is 308 g/mol. The van der Waals surface area contributed by atoms with Crippen LogP contribution in [0.5, 0.6) is 0 Å². The normalized spacial score (nSPS) is 10.8. The predicted molar refractivity (Wildman–Crippen MR) is 75.4 cm³/mol. The Morgan fingerprint density at radius 3 is 2.89 bits per heavy atom. The van der Waals surface area contributed by atoms with E-state index in [-0.39, 0.29) is 0 Å². The smallest absolute Gasteiger partial charge is 0.0831 e. The molecule has 5 heteroatoms. The number of hydrogen-bond donors (Lipinski definition) is 1. The third kappa shape index (κ3) is 3.40. The van der Waals surface area contributed by atoms with Crippen LogP contribution in [0, 0.1) is 6.92 Å². The molecule has 2 aromatic rings. The van der Waals surface area contributed by atoms with Gasteiger partial charge in [-0.05, 0) is 41.5 Å². The molecule has 0 aliphatic rings. The fourth-order valence-corrected chi connectivity index (χ4v) is 1.97. The number of aryl methyl sites for hydroxylation is 1. The number of pyridine rings is 1. The van der Waals surface area contributed by atoms with Gasteiger partial charge in [-0.3, -0.25) is 9.67 Å². The Balaban J connectivity index is 2.07. The predicted octanol–water partition coefficient (Wildman–Crippen LogP) is 2.51. The van der Waals surface area contributed by atoms with Crippen LogP contribution in [0.25, 0.3) is 0 Å². The van der Waals surface area contributed by atoms with Crippen LogP contribution in [-0.4, -0.2) is 21.3 Å². The summed E-state index contributed by atoms with van der Waals surface area (Å²) < 4.78 is 2.94. The van der Waals surface area contributed by atoms with Crippen molar-refractivity contribution in [3.8, 4) is 0 Å². The first-order valence-corrected chi connectivity index (χ1v) is 6.82. The summed E-state index contributed by atoms with van der Waals surface area (Å²) in [5, 5.41) is 7.82. The Morgan fingerprint density at radius 1 is 1.39 bits per heavy atom. The first-order valence-electron chi connectivity index (χ1n) is 6.03. The van der Waals surface area contributed by atoms with Crippen molar-refractivity contribution in [1.82, 2.24) is 20.1 Å². The summed E-state index contributed by atoms with van der Waals surface area (Å²) in [6, 6.07) is 4.00. The molecule has 0 atom stereocenters. The van der Waals surface area contributed by atoms with Gasteiger partial charge in [0, 0.05) is 29.0 Å². The van der Waals surface area contributed by atoms with Crippen LogP contribution >= 0.6 is 15.9 Å². The van der Waals surface area contributed by atoms with Crippen LogP contribution in [0.2, 0.25) is 0 Å². The van der Waals surface area contributed by atoms with E-state index in [9.17, 15) is 0 Å². The third-order valence-corrected chi connectivity index (χ3v) is 3.20. The summed E-state index contributed by atoms with van der Waals surface area (Å²) in [5.74, 6) is 0. The zero-order chi connectivity index (χ0) is 13.0. The second-order valence-electron chi connectivity index (χ2n) is 4.19. The van der Waals surface area contributed by atoms with Gasteiger partial charge in [0.25, 0.3) is 0 Å². The Morgan fingerprint density at radius 2 is 2.22 bits per heavy atom. The number of rotatable bonds is 5. The zero-order valence-corrected chi connectivity index (χ0v) is 12.2. The van der Waals surface area contributed by atoms with Crippen LogP contribution in [0.1, 0.15) is 23.9 Å². The van der Waals surface area contributed by atoms with E-state index in [1.54, 1.807) is 0 Å².